The first-order valence-electron chi connectivity index (χ1n) is 6.37. The number of rotatable bonds is 5. The van der Waals surface area contributed by atoms with E-state index in [-0.39, 0.29) is 5.91 Å². The lowest BCUT2D eigenvalue weighted by atomic mass is 10.3. The highest BCUT2D eigenvalue weighted by Gasteiger charge is 2.10. The molecule has 5 nitrogen and oxygen atoms in total. The molecule has 7 heteroatoms. The van der Waals surface area contributed by atoms with Crippen LogP contribution in [0.2, 0.25) is 0 Å². The Morgan fingerprint density at radius 1 is 1.55 bits per heavy atom. The third-order valence-electron chi connectivity index (χ3n) is 2.77. The molecule has 20 heavy (non-hydrogen) atoms. The molecule has 2 aromatic heterocycles. The van der Waals surface area contributed by atoms with Crippen LogP contribution in [-0.2, 0) is 11.2 Å². The van der Waals surface area contributed by atoms with Crippen LogP contribution in [0, 0.1) is 13.8 Å². The maximum Gasteiger partial charge on any atom is 0.237 e. The standard InChI is InChI=1S/C13H17ClN4OS/c1-8-6-9(2)18(17-8)13-16-11(7-20-13)4-5-15-12(19)10(3)14/h6-7,10H,4-5H2,1-3H3,(H,15,19). The summed E-state index contributed by atoms with van der Waals surface area (Å²) in [6.07, 6.45) is 0.686. The number of hydrogen-bond acceptors (Lipinski definition) is 4. The van der Waals surface area contributed by atoms with Gasteiger partial charge in [0.15, 0.2) is 0 Å². The Morgan fingerprint density at radius 3 is 2.90 bits per heavy atom. The van der Waals surface area contributed by atoms with Crippen LogP contribution >= 0.6 is 22.9 Å². The first-order valence-corrected chi connectivity index (χ1v) is 7.69. The van der Waals surface area contributed by atoms with Crippen LogP contribution in [0.25, 0.3) is 5.13 Å². The monoisotopic (exact) mass is 312 g/mol. The van der Waals surface area contributed by atoms with Gasteiger partial charge in [0.05, 0.1) is 11.4 Å². The van der Waals surface area contributed by atoms with Gasteiger partial charge in [-0.1, -0.05) is 0 Å². The molecule has 2 rings (SSSR count). The van der Waals surface area contributed by atoms with Gasteiger partial charge in [0.1, 0.15) is 5.38 Å². The van der Waals surface area contributed by atoms with Gasteiger partial charge in [-0.25, -0.2) is 9.67 Å². The van der Waals surface area contributed by atoms with Gasteiger partial charge in [-0.2, -0.15) is 5.10 Å². The molecule has 0 aliphatic heterocycles. The molecule has 2 heterocycles. The lowest BCUT2D eigenvalue weighted by molar-refractivity contribution is -0.120. The molecule has 0 spiro atoms. The fourth-order valence-corrected chi connectivity index (χ4v) is 2.73. The topological polar surface area (TPSA) is 59.8 Å². The van der Waals surface area contributed by atoms with E-state index >= 15 is 0 Å². The smallest absolute Gasteiger partial charge is 0.237 e. The van der Waals surface area contributed by atoms with Gasteiger partial charge in [0.25, 0.3) is 0 Å². The molecule has 2 aromatic rings. The van der Waals surface area contributed by atoms with Crippen LogP contribution in [0.3, 0.4) is 0 Å². The number of hydrogen-bond donors (Lipinski definition) is 1. The van der Waals surface area contributed by atoms with Gasteiger partial charge in [-0.3, -0.25) is 4.79 Å². The fraction of sp³-hybridized carbons (Fsp3) is 0.462. The zero-order chi connectivity index (χ0) is 14.7. The second-order valence-corrected chi connectivity index (χ2v) is 6.11. The van der Waals surface area contributed by atoms with Gasteiger partial charge in [0, 0.05) is 24.0 Å². The summed E-state index contributed by atoms with van der Waals surface area (Å²) in [5, 5.41) is 9.50. The van der Waals surface area contributed by atoms with Crippen molar-refractivity contribution >= 4 is 28.8 Å². The summed E-state index contributed by atoms with van der Waals surface area (Å²) in [6.45, 7) is 6.15. The SMILES string of the molecule is Cc1cc(C)n(-c2nc(CCNC(=O)C(C)Cl)cs2)n1. The van der Waals surface area contributed by atoms with Crippen molar-refractivity contribution in [1.29, 1.82) is 0 Å². The number of carbonyl (C=O) groups is 1. The second-order valence-electron chi connectivity index (χ2n) is 4.62. The molecule has 0 fully saturated rings. The first-order chi connectivity index (χ1) is 9.47. The Balaban J connectivity index is 1.96. The number of carbonyl (C=O) groups excluding carboxylic acids is 1. The molecule has 1 atom stereocenters. The van der Waals surface area contributed by atoms with Crippen LogP contribution in [-0.4, -0.2) is 32.6 Å². The molecule has 0 aromatic carbocycles. The Labute approximate surface area is 127 Å². The van der Waals surface area contributed by atoms with Crippen molar-refractivity contribution < 1.29 is 4.79 Å². The number of alkyl halides is 1. The summed E-state index contributed by atoms with van der Waals surface area (Å²) in [5.74, 6) is -0.152. The van der Waals surface area contributed by atoms with E-state index < -0.39 is 5.38 Å². The number of aromatic nitrogens is 3. The Bertz CT molecular complexity index is 605. The van der Waals surface area contributed by atoms with Crippen LogP contribution in [0.15, 0.2) is 11.4 Å². The quantitative estimate of drug-likeness (QED) is 0.861. The maximum atomic E-state index is 11.3. The average molecular weight is 313 g/mol. The highest BCUT2D eigenvalue weighted by Crippen LogP contribution is 2.17. The van der Waals surface area contributed by atoms with Crippen molar-refractivity contribution in [2.75, 3.05) is 6.54 Å². The van der Waals surface area contributed by atoms with Crippen LogP contribution in [0.5, 0.6) is 0 Å². The maximum absolute atomic E-state index is 11.3. The number of amides is 1. The number of nitrogens with zero attached hydrogens (tertiary/aromatic N) is 3. The highest BCUT2D eigenvalue weighted by atomic mass is 35.5. The minimum Gasteiger partial charge on any atom is -0.354 e. The second kappa shape index (κ2) is 6.37. The van der Waals surface area contributed by atoms with E-state index in [1.807, 2.05) is 30.0 Å². The van der Waals surface area contributed by atoms with E-state index in [9.17, 15) is 4.79 Å². The summed E-state index contributed by atoms with van der Waals surface area (Å²) in [6, 6.07) is 2.02. The largest absolute Gasteiger partial charge is 0.354 e. The molecule has 1 N–H and O–H groups in total. The molecule has 0 saturated heterocycles. The normalized spacial score (nSPS) is 12.4. The van der Waals surface area contributed by atoms with Gasteiger partial charge in [-0.05, 0) is 26.8 Å². The lowest BCUT2D eigenvalue weighted by Gasteiger charge is -2.04. The minimum atomic E-state index is -0.504. The lowest BCUT2D eigenvalue weighted by Crippen LogP contribution is -2.31. The summed E-state index contributed by atoms with van der Waals surface area (Å²) >= 11 is 7.22. The van der Waals surface area contributed by atoms with E-state index in [0.29, 0.717) is 13.0 Å². The van der Waals surface area contributed by atoms with Gasteiger partial charge in [0.2, 0.25) is 11.0 Å². The van der Waals surface area contributed by atoms with E-state index in [4.69, 9.17) is 11.6 Å². The number of thiazole rings is 1. The summed E-state index contributed by atoms with van der Waals surface area (Å²) in [5.41, 5.74) is 2.98. The predicted molar refractivity (Wildman–Crippen MR) is 80.7 cm³/mol. The van der Waals surface area contributed by atoms with Crippen molar-refractivity contribution in [2.45, 2.75) is 32.6 Å². The average Bonchev–Trinajstić information content (AvgIpc) is 2.95. The van der Waals surface area contributed by atoms with Crippen LogP contribution < -0.4 is 5.32 Å². The molecular weight excluding hydrogens is 296 g/mol. The van der Waals surface area contributed by atoms with Crippen molar-refractivity contribution in [3.8, 4) is 5.13 Å². The number of halogens is 1. The Kier molecular flexibility index (Phi) is 4.77. The Hall–Kier alpha value is -1.40. The van der Waals surface area contributed by atoms with Crippen molar-refractivity contribution in [3.63, 3.8) is 0 Å². The molecule has 0 aliphatic carbocycles. The first kappa shape index (κ1) is 15.0. The van der Waals surface area contributed by atoms with Crippen molar-refractivity contribution in [1.82, 2.24) is 20.1 Å². The molecule has 0 aliphatic rings. The predicted octanol–water partition coefficient (Wildman–Crippen LogP) is 2.23. The van der Waals surface area contributed by atoms with E-state index in [2.05, 4.69) is 15.4 Å². The zero-order valence-corrected chi connectivity index (χ0v) is 13.3. The van der Waals surface area contributed by atoms with E-state index in [1.165, 1.54) is 0 Å². The van der Waals surface area contributed by atoms with Gasteiger partial charge >= 0.3 is 0 Å². The molecule has 1 amide bonds. The summed E-state index contributed by atoms with van der Waals surface area (Å²) in [7, 11) is 0. The summed E-state index contributed by atoms with van der Waals surface area (Å²) < 4.78 is 1.84. The van der Waals surface area contributed by atoms with Crippen LogP contribution in [0.1, 0.15) is 24.0 Å². The van der Waals surface area contributed by atoms with Crippen LogP contribution in [0.4, 0.5) is 0 Å². The molecular formula is C13H17ClN4OS. The summed E-state index contributed by atoms with van der Waals surface area (Å²) in [4.78, 5) is 15.9. The number of aryl methyl sites for hydroxylation is 2. The van der Waals surface area contributed by atoms with Crippen molar-refractivity contribution in [2.24, 2.45) is 0 Å². The Morgan fingerprint density at radius 2 is 2.30 bits per heavy atom. The zero-order valence-electron chi connectivity index (χ0n) is 11.7. The van der Waals surface area contributed by atoms with Gasteiger partial charge in [-0.15, -0.1) is 22.9 Å². The van der Waals surface area contributed by atoms with Crippen molar-refractivity contribution in [3.05, 3.63) is 28.5 Å². The van der Waals surface area contributed by atoms with E-state index in [1.54, 1.807) is 18.3 Å². The molecule has 108 valence electrons. The fourth-order valence-electron chi connectivity index (χ4n) is 1.79. The highest BCUT2D eigenvalue weighted by molar-refractivity contribution is 7.12. The minimum absolute atomic E-state index is 0.152. The third kappa shape index (κ3) is 3.58. The molecule has 0 saturated carbocycles. The molecule has 0 radical (unpaired) electrons. The van der Waals surface area contributed by atoms with E-state index in [0.717, 1.165) is 22.2 Å². The molecule has 0 bridgehead atoms. The van der Waals surface area contributed by atoms with Gasteiger partial charge < -0.3 is 5.32 Å². The molecule has 1 unspecified atom stereocenters. The number of nitrogens with one attached hydrogen (secondary N) is 1. The third-order valence-corrected chi connectivity index (χ3v) is 3.84.